The fourth-order valence-corrected chi connectivity index (χ4v) is 3.89. The number of benzene rings is 1. The maximum absolute atomic E-state index is 12.6. The molecular formula is C19H29N3OS. The van der Waals surface area contributed by atoms with E-state index in [4.69, 9.17) is 12.2 Å². The van der Waals surface area contributed by atoms with Crippen LogP contribution in [0.4, 0.5) is 0 Å². The summed E-state index contributed by atoms with van der Waals surface area (Å²) in [6, 6.07) is 10.5. The van der Waals surface area contributed by atoms with Gasteiger partial charge in [0, 0.05) is 37.6 Å². The maximum atomic E-state index is 12.6. The fourth-order valence-electron chi connectivity index (χ4n) is 3.34. The summed E-state index contributed by atoms with van der Waals surface area (Å²) in [7, 11) is 0. The number of amides is 1. The molecule has 1 N–H and O–H groups in total. The molecule has 4 nitrogen and oxygen atoms in total. The Bertz CT molecular complexity index is 573. The number of carbonyl (C=O) groups is 1. The SMILES string of the molecule is CCN(Cc1ccccc1)C(=O)CCN1C(=S)NC(C)(C)C[C@H]1C. The lowest BCUT2D eigenvalue weighted by molar-refractivity contribution is -0.131. The van der Waals surface area contributed by atoms with Crippen molar-refractivity contribution in [3.63, 3.8) is 0 Å². The van der Waals surface area contributed by atoms with Crippen molar-refractivity contribution in [1.82, 2.24) is 15.1 Å². The van der Waals surface area contributed by atoms with E-state index in [9.17, 15) is 4.79 Å². The normalized spacial score (nSPS) is 19.8. The lowest BCUT2D eigenvalue weighted by Gasteiger charge is -2.44. The molecule has 1 atom stereocenters. The molecule has 1 heterocycles. The highest BCUT2D eigenvalue weighted by Crippen LogP contribution is 2.22. The van der Waals surface area contributed by atoms with Gasteiger partial charge in [0.2, 0.25) is 5.91 Å². The second-order valence-corrected chi connectivity index (χ2v) is 7.59. The summed E-state index contributed by atoms with van der Waals surface area (Å²) < 4.78 is 0. The molecule has 0 saturated carbocycles. The molecule has 0 radical (unpaired) electrons. The zero-order valence-corrected chi connectivity index (χ0v) is 16.0. The quantitative estimate of drug-likeness (QED) is 0.802. The van der Waals surface area contributed by atoms with E-state index in [1.807, 2.05) is 30.0 Å². The van der Waals surface area contributed by atoms with Gasteiger partial charge in [0.05, 0.1) is 0 Å². The summed E-state index contributed by atoms with van der Waals surface area (Å²) in [5, 5.41) is 4.14. The van der Waals surface area contributed by atoms with E-state index >= 15 is 0 Å². The van der Waals surface area contributed by atoms with E-state index < -0.39 is 0 Å². The third-order valence-electron chi connectivity index (χ3n) is 4.56. The number of rotatable bonds is 6. The van der Waals surface area contributed by atoms with Crippen LogP contribution in [-0.2, 0) is 11.3 Å². The predicted octanol–water partition coefficient (Wildman–Crippen LogP) is 3.17. The first-order chi connectivity index (χ1) is 11.3. The Labute approximate surface area is 151 Å². The number of hydrogen-bond acceptors (Lipinski definition) is 2. The topological polar surface area (TPSA) is 35.6 Å². The minimum atomic E-state index is 0.0276. The van der Waals surface area contributed by atoms with Crippen molar-refractivity contribution in [3.05, 3.63) is 35.9 Å². The van der Waals surface area contributed by atoms with Crippen molar-refractivity contribution < 1.29 is 4.79 Å². The molecule has 1 saturated heterocycles. The van der Waals surface area contributed by atoms with Gasteiger partial charge in [-0.2, -0.15) is 0 Å². The molecular weight excluding hydrogens is 318 g/mol. The van der Waals surface area contributed by atoms with Gasteiger partial charge in [0.1, 0.15) is 0 Å². The Hall–Kier alpha value is -1.62. The van der Waals surface area contributed by atoms with Crippen LogP contribution in [-0.4, -0.2) is 45.5 Å². The van der Waals surface area contributed by atoms with E-state index in [1.165, 1.54) is 0 Å². The van der Waals surface area contributed by atoms with Gasteiger partial charge >= 0.3 is 0 Å². The maximum Gasteiger partial charge on any atom is 0.224 e. The number of carbonyl (C=O) groups excluding carboxylic acids is 1. The molecule has 0 bridgehead atoms. The Morgan fingerprint density at radius 2 is 2.04 bits per heavy atom. The van der Waals surface area contributed by atoms with Crippen molar-refractivity contribution in [2.24, 2.45) is 0 Å². The number of thiocarbonyl (C=S) groups is 1. The molecule has 132 valence electrons. The Balaban J connectivity index is 1.90. The summed E-state index contributed by atoms with van der Waals surface area (Å²) in [5.41, 5.74) is 1.19. The zero-order valence-electron chi connectivity index (χ0n) is 15.2. The first-order valence-electron chi connectivity index (χ1n) is 8.73. The van der Waals surface area contributed by atoms with Crippen LogP contribution in [0.3, 0.4) is 0 Å². The first-order valence-corrected chi connectivity index (χ1v) is 9.13. The van der Waals surface area contributed by atoms with Crippen LogP contribution in [0.25, 0.3) is 0 Å². The van der Waals surface area contributed by atoms with Gasteiger partial charge < -0.3 is 15.1 Å². The van der Waals surface area contributed by atoms with Crippen LogP contribution in [0, 0.1) is 0 Å². The zero-order chi connectivity index (χ0) is 17.7. The largest absolute Gasteiger partial charge is 0.358 e. The predicted molar refractivity (Wildman–Crippen MR) is 103 cm³/mol. The molecule has 5 heteroatoms. The molecule has 1 aliphatic rings. The molecule has 2 rings (SSSR count). The summed E-state index contributed by atoms with van der Waals surface area (Å²) >= 11 is 5.49. The average Bonchev–Trinajstić information content (AvgIpc) is 2.51. The van der Waals surface area contributed by atoms with Gasteiger partial charge in [-0.1, -0.05) is 30.3 Å². The smallest absolute Gasteiger partial charge is 0.224 e. The minimum absolute atomic E-state index is 0.0276. The average molecular weight is 348 g/mol. The van der Waals surface area contributed by atoms with E-state index in [-0.39, 0.29) is 11.4 Å². The molecule has 1 aliphatic heterocycles. The molecule has 0 unspecified atom stereocenters. The van der Waals surface area contributed by atoms with E-state index in [2.05, 4.69) is 43.1 Å². The van der Waals surface area contributed by atoms with Crippen molar-refractivity contribution in [2.45, 2.75) is 58.7 Å². The molecule has 24 heavy (non-hydrogen) atoms. The highest BCUT2D eigenvalue weighted by atomic mass is 32.1. The molecule has 1 aromatic rings. The van der Waals surface area contributed by atoms with Crippen LogP contribution < -0.4 is 5.32 Å². The highest BCUT2D eigenvalue weighted by molar-refractivity contribution is 7.80. The second kappa shape index (κ2) is 7.97. The Kier molecular flexibility index (Phi) is 6.21. The third kappa shape index (κ3) is 4.94. The van der Waals surface area contributed by atoms with E-state index in [0.29, 0.717) is 25.6 Å². The molecule has 0 aliphatic carbocycles. The van der Waals surface area contributed by atoms with Crippen LogP contribution in [0.15, 0.2) is 30.3 Å². The van der Waals surface area contributed by atoms with Gasteiger partial charge in [-0.05, 0) is 51.9 Å². The number of hydrogen-bond donors (Lipinski definition) is 1. The van der Waals surface area contributed by atoms with Crippen molar-refractivity contribution in [2.75, 3.05) is 13.1 Å². The van der Waals surface area contributed by atoms with E-state index in [0.717, 1.165) is 23.6 Å². The number of nitrogens with zero attached hydrogens (tertiary/aromatic N) is 2. The molecule has 1 fully saturated rings. The van der Waals surface area contributed by atoms with E-state index in [1.54, 1.807) is 0 Å². The Morgan fingerprint density at radius 3 is 2.62 bits per heavy atom. The third-order valence-corrected chi connectivity index (χ3v) is 4.90. The Morgan fingerprint density at radius 1 is 1.38 bits per heavy atom. The fraction of sp³-hybridized carbons (Fsp3) is 0.579. The lowest BCUT2D eigenvalue weighted by Crippen LogP contribution is -2.60. The minimum Gasteiger partial charge on any atom is -0.358 e. The second-order valence-electron chi connectivity index (χ2n) is 7.20. The molecule has 1 amide bonds. The van der Waals surface area contributed by atoms with Gasteiger partial charge in [-0.3, -0.25) is 4.79 Å². The van der Waals surface area contributed by atoms with Crippen molar-refractivity contribution in [1.29, 1.82) is 0 Å². The number of nitrogens with one attached hydrogen (secondary N) is 1. The monoisotopic (exact) mass is 347 g/mol. The summed E-state index contributed by atoms with van der Waals surface area (Å²) in [5.74, 6) is 0.182. The van der Waals surface area contributed by atoms with Gasteiger partial charge in [-0.15, -0.1) is 0 Å². The highest BCUT2D eigenvalue weighted by Gasteiger charge is 2.33. The summed E-state index contributed by atoms with van der Waals surface area (Å²) in [6.45, 7) is 10.6. The molecule has 0 spiro atoms. The van der Waals surface area contributed by atoms with Crippen LogP contribution in [0.2, 0.25) is 0 Å². The van der Waals surface area contributed by atoms with Crippen molar-refractivity contribution in [3.8, 4) is 0 Å². The summed E-state index contributed by atoms with van der Waals surface area (Å²) in [4.78, 5) is 16.7. The summed E-state index contributed by atoms with van der Waals surface area (Å²) in [6.07, 6.45) is 1.51. The van der Waals surface area contributed by atoms with Crippen molar-refractivity contribution >= 4 is 23.2 Å². The van der Waals surface area contributed by atoms with Crippen LogP contribution >= 0.6 is 12.2 Å². The first kappa shape index (κ1) is 18.7. The van der Waals surface area contributed by atoms with Gasteiger partial charge in [0.25, 0.3) is 0 Å². The van der Waals surface area contributed by atoms with Crippen LogP contribution in [0.5, 0.6) is 0 Å². The lowest BCUT2D eigenvalue weighted by atomic mass is 9.93. The van der Waals surface area contributed by atoms with Gasteiger partial charge in [0.15, 0.2) is 5.11 Å². The van der Waals surface area contributed by atoms with Gasteiger partial charge in [-0.25, -0.2) is 0 Å². The van der Waals surface area contributed by atoms with Crippen LogP contribution in [0.1, 0.15) is 46.1 Å². The molecule has 0 aromatic heterocycles. The molecule has 1 aromatic carbocycles. The standard InChI is InChI=1S/C19H29N3OS/c1-5-21(14-16-9-7-6-8-10-16)17(23)11-12-22-15(2)13-19(3,4)20-18(22)24/h6-10,15H,5,11-14H2,1-4H3,(H,20,24)/t15-/m1/s1.